The van der Waals surface area contributed by atoms with Gasteiger partial charge in [0.05, 0.1) is 37.4 Å². The Balaban J connectivity index is -0.0000000865. The van der Waals surface area contributed by atoms with Crippen LogP contribution in [0.4, 0.5) is 0 Å². The molecule has 0 aromatic carbocycles. The summed E-state index contributed by atoms with van der Waals surface area (Å²) >= 11 is 0. The molecule has 9 nitrogen and oxygen atoms in total. The van der Waals surface area contributed by atoms with Crippen molar-refractivity contribution in [1.29, 1.82) is 0 Å². The molecule has 0 bridgehead atoms. The molecule has 0 aliphatic heterocycles. The molecular formula is C9H18CaO9. The molecule has 19 heavy (non-hydrogen) atoms. The Morgan fingerprint density at radius 1 is 0.895 bits per heavy atom. The first-order valence-electron chi connectivity index (χ1n) is 4.77. The topological polar surface area (TPSA) is 181 Å². The van der Waals surface area contributed by atoms with E-state index < -0.39 is 30.3 Å². The first kappa shape index (κ1) is 27.4. The van der Waals surface area contributed by atoms with Crippen molar-refractivity contribution in [3.8, 4) is 0 Å². The number of aliphatic hydroxyl groups is 5. The van der Waals surface area contributed by atoms with E-state index in [-0.39, 0.29) is 51.0 Å². The van der Waals surface area contributed by atoms with Crippen molar-refractivity contribution in [3.63, 3.8) is 0 Å². The van der Waals surface area contributed by atoms with Crippen molar-refractivity contribution in [1.82, 2.24) is 0 Å². The molecular weight excluding hydrogens is 292 g/mol. The summed E-state index contributed by atoms with van der Waals surface area (Å²) in [5, 5.41) is 58.6. The van der Waals surface area contributed by atoms with Gasteiger partial charge < -0.3 is 45.3 Å². The molecule has 10 heteroatoms. The van der Waals surface area contributed by atoms with Crippen molar-refractivity contribution in [2.45, 2.75) is 32.2 Å². The second-order valence-electron chi connectivity index (χ2n) is 3.01. The molecule has 5 N–H and O–H groups in total. The van der Waals surface area contributed by atoms with Gasteiger partial charge in [0.25, 0.3) is 0 Å². The third-order valence-electron chi connectivity index (χ3n) is 1.10. The summed E-state index contributed by atoms with van der Waals surface area (Å²) < 4.78 is 0. The summed E-state index contributed by atoms with van der Waals surface area (Å²) in [5.41, 5.74) is 0. The quantitative estimate of drug-likeness (QED) is 0.316. The van der Waals surface area contributed by atoms with E-state index in [0.29, 0.717) is 0 Å². The van der Waals surface area contributed by atoms with Crippen LogP contribution in [0.2, 0.25) is 0 Å². The molecule has 0 rings (SSSR count). The van der Waals surface area contributed by atoms with Gasteiger partial charge in [0.2, 0.25) is 0 Å². The van der Waals surface area contributed by atoms with Gasteiger partial charge in [-0.05, 0) is 13.8 Å². The normalized spacial score (nSPS) is 11.8. The van der Waals surface area contributed by atoms with E-state index in [4.69, 9.17) is 25.5 Å². The van der Waals surface area contributed by atoms with Crippen LogP contribution in [0.25, 0.3) is 0 Å². The number of aliphatic hydroxyl groups excluding tert-OH is 5. The van der Waals surface area contributed by atoms with Crippen molar-refractivity contribution in [2.24, 2.45) is 0 Å². The number of hydrogen-bond acceptors (Lipinski definition) is 9. The Bertz CT molecular complexity index is 198. The predicted octanol–water partition coefficient (Wildman–Crippen LogP) is -5.81. The van der Waals surface area contributed by atoms with Gasteiger partial charge >= 0.3 is 37.7 Å². The minimum Gasteiger partial charge on any atom is -0.547 e. The van der Waals surface area contributed by atoms with Gasteiger partial charge in [-0.1, -0.05) is 0 Å². The molecule has 0 aliphatic carbocycles. The molecule has 0 spiro atoms. The number of hydrogen-bond donors (Lipinski definition) is 5. The molecule has 110 valence electrons. The summed E-state index contributed by atoms with van der Waals surface area (Å²) in [7, 11) is 0. The van der Waals surface area contributed by atoms with Gasteiger partial charge in [-0.2, -0.15) is 0 Å². The number of carbonyl (C=O) groups excluding carboxylic acids is 2. The van der Waals surface area contributed by atoms with Crippen LogP contribution < -0.4 is 10.2 Å². The zero-order valence-electron chi connectivity index (χ0n) is 10.7. The molecule has 0 aromatic rings. The maximum atomic E-state index is 9.34. The molecule has 0 radical (unpaired) electrons. The number of aliphatic carboxylic acids is 2. The van der Waals surface area contributed by atoms with Crippen LogP contribution in [-0.2, 0) is 9.59 Å². The van der Waals surface area contributed by atoms with Crippen molar-refractivity contribution in [2.75, 3.05) is 13.2 Å². The molecule has 0 saturated heterocycles. The van der Waals surface area contributed by atoms with E-state index in [2.05, 4.69) is 0 Å². The summed E-state index contributed by atoms with van der Waals surface area (Å²) in [6.07, 6.45) is -3.64. The maximum Gasteiger partial charge on any atom is 2.00 e. The molecule has 0 aromatic heterocycles. The zero-order chi connectivity index (χ0) is 15.3. The van der Waals surface area contributed by atoms with Gasteiger partial charge in [0, 0.05) is 0 Å². The number of carboxylic acids is 2. The summed E-state index contributed by atoms with van der Waals surface area (Å²) in [5.74, 6) is -2.87. The van der Waals surface area contributed by atoms with E-state index in [1.54, 1.807) is 0 Å². The molecule has 2 atom stereocenters. The maximum absolute atomic E-state index is 9.34. The first-order valence-corrected chi connectivity index (χ1v) is 4.77. The molecule has 0 fully saturated rings. The van der Waals surface area contributed by atoms with Crippen LogP contribution >= 0.6 is 0 Å². The van der Waals surface area contributed by atoms with E-state index >= 15 is 0 Å². The number of rotatable bonds is 4. The second-order valence-corrected chi connectivity index (χ2v) is 3.01. The van der Waals surface area contributed by atoms with Crippen molar-refractivity contribution in [3.05, 3.63) is 0 Å². The monoisotopic (exact) mass is 310 g/mol. The van der Waals surface area contributed by atoms with Gasteiger partial charge in [-0.3, -0.25) is 0 Å². The Morgan fingerprint density at radius 3 is 1.05 bits per heavy atom. The minimum absolute atomic E-state index is 0. The van der Waals surface area contributed by atoms with E-state index in [0.717, 1.165) is 13.8 Å². The van der Waals surface area contributed by atoms with Crippen LogP contribution in [-0.4, -0.2) is 107 Å². The molecule has 0 heterocycles. The smallest absolute Gasteiger partial charge is 0.547 e. The average Bonchev–Trinajstić information content (AvgIpc) is 2.29. The summed E-state index contributed by atoms with van der Waals surface area (Å²) in [4.78, 5) is 18.7. The molecule has 0 saturated carbocycles. The third-order valence-corrected chi connectivity index (χ3v) is 1.10. The number of carboxylic acid groups (broad SMARTS) is 2. The third kappa shape index (κ3) is 32.0. The SMILES string of the molecule is CC(O)C(=O)[O-].CC(O)C(=O)[O-].OCC(O)CO.[Ca+2]. The summed E-state index contributed by atoms with van der Waals surface area (Å²) in [6, 6.07) is 0. The predicted molar refractivity (Wildman–Crippen MR) is 59.3 cm³/mol. The average molecular weight is 310 g/mol. The standard InChI is InChI=1S/C3H8O3.2C3H6O3.Ca/c4-1-3(6)2-5;2*1-2(4)3(5)6;/h3-6H,1-2H2;2*2,4H,1H3,(H,5,6);/q;;;+2/p-2. The second kappa shape index (κ2) is 18.0. The van der Waals surface area contributed by atoms with Gasteiger partial charge in [-0.15, -0.1) is 0 Å². The van der Waals surface area contributed by atoms with Crippen molar-refractivity contribution < 1.29 is 45.3 Å². The fourth-order valence-electron chi connectivity index (χ4n) is 0.0577. The van der Waals surface area contributed by atoms with Gasteiger partial charge in [0.15, 0.2) is 0 Å². The van der Waals surface area contributed by atoms with E-state index in [1.165, 1.54) is 0 Å². The first-order chi connectivity index (χ1) is 8.09. The Hall–Kier alpha value is -0.000260. The zero-order valence-corrected chi connectivity index (χ0v) is 12.9. The number of carbonyl (C=O) groups is 2. The molecule has 0 amide bonds. The van der Waals surface area contributed by atoms with Gasteiger partial charge in [-0.25, -0.2) is 0 Å². The van der Waals surface area contributed by atoms with Crippen LogP contribution in [0.5, 0.6) is 0 Å². The van der Waals surface area contributed by atoms with Crippen LogP contribution in [0, 0.1) is 0 Å². The van der Waals surface area contributed by atoms with E-state index in [9.17, 15) is 19.8 Å². The fraction of sp³-hybridized carbons (Fsp3) is 0.778. The largest absolute Gasteiger partial charge is 2.00 e. The van der Waals surface area contributed by atoms with Crippen LogP contribution in [0.3, 0.4) is 0 Å². The molecule has 0 aliphatic rings. The Morgan fingerprint density at radius 2 is 1.05 bits per heavy atom. The minimum atomic E-state index is -1.44. The van der Waals surface area contributed by atoms with Crippen molar-refractivity contribution >= 4 is 49.7 Å². The Kier molecular flexibility index (Phi) is 25.9. The summed E-state index contributed by atoms with van der Waals surface area (Å²) in [6.45, 7) is 1.54. The van der Waals surface area contributed by atoms with Crippen LogP contribution in [0.1, 0.15) is 13.8 Å². The molecule has 2 unspecified atom stereocenters. The van der Waals surface area contributed by atoms with Gasteiger partial charge in [0.1, 0.15) is 6.10 Å². The van der Waals surface area contributed by atoms with E-state index in [1.807, 2.05) is 0 Å². The van der Waals surface area contributed by atoms with Crippen LogP contribution in [0.15, 0.2) is 0 Å². The fourth-order valence-corrected chi connectivity index (χ4v) is 0.0577. The Labute approximate surface area is 140 Å².